The molecule has 4 heteroatoms. The summed E-state index contributed by atoms with van der Waals surface area (Å²) in [6.45, 7) is 13.1. The highest BCUT2D eigenvalue weighted by atomic mass is 16.2. The van der Waals surface area contributed by atoms with E-state index in [-0.39, 0.29) is 23.3 Å². The van der Waals surface area contributed by atoms with E-state index in [1.54, 1.807) is 0 Å². The topological polar surface area (TPSA) is 49.4 Å². The number of nitrogens with one attached hydrogen (secondary N) is 1. The molecule has 4 nitrogen and oxygen atoms in total. The molecule has 0 radical (unpaired) electrons. The maximum atomic E-state index is 12.8. The van der Waals surface area contributed by atoms with Gasteiger partial charge in [0.15, 0.2) is 0 Å². The Bertz CT molecular complexity index is 371. The highest BCUT2D eigenvalue weighted by Gasteiger charge is 2.44. The molecule has 0 aromatic carbocycles. The molecule has 1 rings (SSSR count). The Labute approximate surface area is 129 Å². The third kappa shape index (κ3) is 4.72. The summed E-state index contributed by atoms with van der Waals surface area (Å²) in [6.07, 6.45) is 3.71. The van der Waals surface area contributed by atoms with Crippen molar-refractivity contribution in [3.05, 3.63) is 0 Å². The van der Waals surface area contributed by atoms with Crippen molar-refractivity contribution in [1.82, 2.24) is 10.2 Å². The minimum atomic E-state index is -0.405. The Kier molecular flexibility index (Phi) is 6.24. The molecule has 1 aliphatic rings. The first-order valence-corrected chi connectivity index (χ1v) is 8.29. The first-order valence-electron chi connectivity index (χ1n) is 8.29. The molecule has 0 aromatic rings. The fourth-order valence-corrected chi connectivity index (χ4v) is 2.84. The van der Waals surface area contributed by atoms with Crippen LogP contribution in [0.25, 0.3) is 0 Å². The lowest BCUT2D eigenvalue weighted by Crippen LogP contribution is -2.66. The predicted octanol–water partition coefficient (Wildman–Crippen LogP) is 2.96. The fraction of sp³-hybridized carbons (Fsp3) is 0.882. The Morgan fingerprint density at radius 1 is 1.24 bits per heavy atom. The van der Waals surface area contributed by atoms with Gasteiger partial charge in [0.1, 0.15) is 12.1 Å². The van der Waals surface area contributed by atoms with E-state index in [0.717, 1.165) is 25.7 Å². The van der Waals surface area contributed by atoms with Crippen LogP contribution in [0.15, 0.2) is 0 Å². The maximum absolute atomic E-state index is 12.8. The number of hydrogen-bond donors (Lipinski definition) is 1. The van der Waals surface area contributed by atoms with Gasteiger partial charge in [-0.1, -0.05) is 48.0 Å². The summed E-state index contributed by atoms with van der Waals surface area (Å²) in [4.78, 5) is 27.0. The predicted molar refractivity (Wildman–Crippen MR) is 85.9 cm³/mol. The van der Waals surface area contributed by atoms with Crippen LogP contribution in [-0.4, -0.2) is 35.3 Å². The van der Waals surface area contributed by atoms with Crippen LogP contribution in [0.5, 0.6) is 0 Å². The van der Waals surface area contributed by atoms with Crippen LogP contribution in [0, 0.1) is 11.3 Å². The van der Waals surface area contributed by atoms with Crippen LogP contribution in [-0.2, 0) is 9.59 Å². The van der Waals surface area contributed by atoms with Crippen molar-refractivity contribution in [2.24, 2.45) is 11.3 Å². The summed E-state index contributed by atoms with van der Waals surface area (Å²) in [5, 5.41) is 2.94. The quantitative estimate of drug-likeness (QED) is 0.819. The molecule has 2 unspecified atom stereocenters. The van der Waals surface area contributed by atoms with Gasteiger partial charge in [-0.25, -0.2) is 0 Å². The average molecular weight is 296 g/mol. The van der Waals surface area contributed by atoms with E-state index >= 15 is 0 Å². The van der Waals surface area contributed by atoms with Gasteiger partial charge in [-0.2, -0.15) is 0 Å². The molecule has 0 aliphatic carbocycles. The second kappa shape index (κ2) is 7.28. The maximum Gasteiger partial charge on any atom is 0.246 e. The minimum Gasteiger partial charge on any atom is -0.342 e. The van der Waals surface area contributed by atoms with Crippen molar-refractivity contribution in [2.75, 3.05) is 6.54 Å². The molecule has 2 amide bonds. The zero-order valence-corrected chi connectivity index (χ0v) is 14.5. The number of nitrogens with zero attached hydrogens (tertiary/aromatic N) is 1. The standard InChI is InChI=1S/C17H32N2O2/c1-7-9-13-15(20)18-14(17(4,5)6)16(21)19(13)11-8-10-12(2)3/h12-14H,7-11H2,1-6H3,(H,18,20). The lowest BCUT2D eigenvalue weighted by molar-refractivity contribution is -0.152. The third-order valence-corrected chi connectivity index (χ3v) is 4.10. The molecule has 0 spiro atoms. The summed E-state index contributed by atoms with van der Waals surface area (Å²) >= 11 is 0. The second-order valence-corrected chi connectivity index (χ2v) is 7.68. The van der Waals surface area contributed by atoms with Gasteiger partial charge < -0.3 is 10.2 Å². The summed E-state index contributed by atoms with van der Waals surface area (Å²) in [7, 11) is 0. The van der Waals surface area contributed by atoms with E-state index in [9.17, 15) is 9.59 Å². The van der Waals surface area contributed by atoms with Crippen LogP contribution >= 0.6 is 0 Å². The molecule has 0 saturated carbocycles. The van der Waals surface area contributed by atoms with E-state index in [0.29, 0.717) is 12.5 Å². The van der Waals surface area contributed by atoms with Crippen LogP contribution in [0.2, 0.25) is 0 Å². The molecule has 1 heterocycles. The summed E-state index contributed by atoms with van der Waals surface area (Å²) in [5.41, 5.74) is -0.250. The number of amides is 2. The lowest BCUT2D eigenvalue weighted by Gasteiger charge is -2.43. The third-order valence-electron chi connectivity index (χ3n) is 4.10. The fourth-order valence-electron chi connectivity index (χ4n) is 2.84. The molecule has 21 heavy (non-hydrogen) atoms. The highest BCUT2D eigenvalue weighted by Crippen LogP contribution is 2.26. The van der Waals surface area contributed by atoms with Gasteiger partial charge in [0.2, 0.25) is 11.8 Å². The van der Waals surface area contributed by atoms with Gasteiger partial charge in [0.25, 0.3) is 0 Å². The molecular weight excluding hydrogens is 264 g/mol. The van der Waals surface area contributed by atoms with Gasteiger partial charge in [0, 0.05) is 6.54 Å². The van der Waals surface area contributed by atoms with Gasteiger partial charge >= 0.3 is 0 Å². The van der Waals surface area contributed by atoms with E-state index in [1.807, 2.05) is 25.7 Å². The summed E-state index contributed by atoms with van der Waals surface area (Å²) in [5.74, 6) is 0.729. The average Bonchev–Trinajstić information content (AvgIpc) is 2.35. The minimum absolute atomic E-state index is 0.0147. The molecule has 0 aromatic heterocycles. The number of carbonyl (C=O) groups is 2. The van der Waals surface area contributed by atoms with E-state index in [4.69, 9.17) is 0 Å². The van der Waals surface area contributed by atoms with Gasteiger partial charge in [-0.05, 0) is 30.6 Å². The zero-order valence-electron chi connectivity index (χ0n) is 14.5. The Morgan fingerprint density at radius 3 is 2.33 bits per heavy atom. The second-order valence-electron chi connectivity index (χ2n) is 7.68. The van der Waals surface area contributed by atoms with Crippen LogP contribution < -0.4 is 5.32 Å². The number of carbonyl (C=O) groups excluding carboxylic acids is 2. The molecule has 1 aliphatic heterocycles. The zero-order chi connectivity index (χ0) is 16.2. The molecular formula is C17H32N2O2. The summed E-state index contributed by atoms with van der Waals surface area (Å²) < 4.78 is 0. The molecule has 0 bridgehead atoms. The number of rotatable bonds is 6. The Balaban J connectivity index is 2.87. The van der Waals surface area contributed by atoms with Gasteiger partial charge in [-0.15, -0.1) is 0 Å². The van der Waals surface area contributed by atoms with Crippen LogP contribution in [0.1, 0.15) is 67.2 Å². The number of piperazine rings is 1. The first kappa shape index (κ1) is 18.0. The van der Waals surface area contributed by atoms with E-state index in [1.165, 1.54) is 0 Å². The normalized spacial score (nSPS) is 23.7. The SMILES string of the molecule is CCCC1C(=O)NC(C(C)(C)C)C(=O)N1CCCC(C)C. The first-order chi connectivity index (χ1) is 9.68. The summed E-state index contributed by atoms with van der Waals surface area (Å²) in [6, 6.07) is -0.689. The van der Waals surface area contributed by atoms with Crippen molar-refractivity contribution in [3.63, 3.8) is 0 Å². The lowest BCUT2D eigenvalue weighted by atomic mass is 9.83. The van der Waals surface area contributed by atoms with E-state index in [2.05, 4.69) is 26.1 Å². The molecule has 122 valence electrons. The van der Waals surface area contributed by atoms with Crippen molar-refractivity contribution < 1.29 is 9.59 Å². The largest absolute Gasteiger partial charge is 0.342 e. The number of hydrogen-bond acceptors (Lipinski definition) is 2. The smallest absolute Gasteiger partial charge is 0.246 e. The van der Waals surface area contributed by atoms with Crippen molar-refractivity contribution >= 4 is 11.8 Å². The van der Waals surface area contributed by atoms with Crippen molar-refractivity contribution in [1.29, 1.82) is 0 Å². The monoisotopic (exact) mass is 296 g/mol. The van der Waals surface area contributed by atoms with Crippen LogP contribution in [0.3, 0.4) is 0 Å². The van der Waals surface area contributed by atoms with Gasteiger partial charge in [0.05, 0.1) is 0 Å². The Hall–Kier alpha value is -1.06. The van der Waals surface area contributed by atoms with E-state index < -0.39 is 6.04 Å². The molecule has 1 saturated heterocycles. The Morgan fingerprint density at radius 2 is 1.86 bits per heavy atom. The molecule has 1 N–H and O–H groups in total. The van der Waals surface area contributed by atoms with Crippen LogP contribution in [0.4, 0.5) is 0 Å². The van der Waals surface area contributed by atoms with Gasteiger partial charge in [-0.3, -0.25) is 9.59 Å². The van der Waals surface area contributed by atoms with Crippen molar-refractivity contribution in [3.8, 4) is 0 Å². The molecule has 2 atom stereocenters. The van der Waals surface area contributed by atoms with Crippen molar-refractivity contribution in [2.45, 2.75) is 79.3 Å². The highest BCUT2D eigenvalue weighted by molar-refractivity contribution is 5.97. The molecule has 1 fully saturated rings.